The molecule has 0 atom stereocenters. The first-order valence-corrected chi connectivity index (χ1v) is 13.7. The molecule has 2 aromatic rings. The van der Waals surface area contributed by atoms with Crippen molar-refractivity contribution in [2.75, 3.05) is 26.2 Å². The first-order valence-electron chi connectivity index (χ1n) is 13.7. The van der Waals surface area contributed by atoms with E-state index in [1.54, 1.807) is 0 Å². The average molecular weight is 488 g/mol. The Morgan fingerprint density at radius 2 is 1.56 bits per heavy atom. The van der Waals surface area contributed by atoms with Gasteiger partial charge in [0.1, 0.15) is 0 Å². The van der Waals surface area contributed by atoms with Crippen molar-refractivity contribution in [3.63, 3.8) is 0 Å². The predicted octanol–water partition coefficient (Wildman–Crippen LogP) is 5.92. The molecule has 4 rings (SSSR count). The molecule has 1 aliphatic heterocycles. The van der Waals surface area contributed by atoms with E-state index < -0.39 is 0 Å². The molecular formula is C31H41N3O2. The van der Waals surface area contributed by atoms with E-state index in [0.29, 0.717) is 24.9 Å². The van der Waals surface area contributed by atoms with Crippen molar-refractivity contribution in [2.45, 2.75) is 64.3 Å². The fourth-order valence-corrected chi connectivity index (χ4v) is 5.47. The molecule has 1 saturated carbocycles. The Labute approximate surface area is 216 Å². The molecule has 5 nitrogen and oxygen atoms in total. The van der Waals surface area contributed by atoms with Crippen molar-refractivity contribution >= 4 is 18.0 Å². The van der Waals surface area contributed by atoms with Gasteiger partial charge in [-0.25, -0.2) is 4.79 Å². The number of piperidine rings is 1. The fraction of sp³-hybridized carbons (Fsp3) is 0.484. The van der Waals surface area contributed by atoms with Crippen LogP contribution in [0.15, 0.2) is 66.2 Å². The third kappa shape index (κ3) is 7.97. The van der Waals surface area contributed by atoms with Crippen molar-refractivity contribution in [1.29, 1.82) is 0 Å². The number of likely N-dealkylation sites (tertiary alicyclic amines) is 1. The van der Waals surface area contributed by atoms with Gasteiger partial charge in [-0.2, -0.15) is 0 Å². The number of benzene rings is 2. The summed E-state index contributed by atoms with van der Waals surface area (Å²) in [6, 6.07) is 20.6. The number of amides is 3. The Morgan fingerprint density at radius 1 is 0.917 bits per heavy atom. The van der Waals surface area contributed by atoms with E-state index >= 15 is 0 Å². The van der Waals surface area contributed by atoms with Gasteiger partial charge in [0.15, 0.2) is 0 Å². The monoisotopic (exact) mass is 487 g/mol. The van der Waals surface area contributed by atoms with E-state index in [1.165, 1.54) is 24.8 Å². The van der Waals surface area contributed by atoms with Crippen LogP contribution in [0.4, 0.5) is 4.79 Å². The van der Waals surface area contributed by atoms with Gasteiger partial charge < -0.3 is 15.1 Å². The lowest BCUT2D eigenvalue weighted by Crippen LogP contribution is -2.49. The first kappa shape index (κ1) is 26.0. The Hall–Kier alpha value is -3.08. The molecule has 5 heteroatoms. The highest BCUT2D eigenvalue weighted by atomic mass is 16.2. The van der Waals surface area contributed by atoms with Gasteiger partial charge in [0, 0.05) is 32.2 Å². The van der Waals surface area contributed by atoms with Crippen molar-refractivity contribution in [3.05, 3.63) is 77.4 Å². The van der Waals surface area contributed by atoms with Crippen LogP contribution >= 0.6 is 0 Å². The zero-order chi connectivity index (χ0) is 25.2. The van der Waals surface area contributed by atoms with E-state index in [4.69, 9.17) is 0 Å². The summed E-state index contributed by atoms with van der Waals surface area (Å²) in [6.07, 6.45) is 10.4. The summed E-state index contributed by atoms with van der Waals surface area (Å²) < 4.78 is 0. The van der Waals surface area contributed by atoms with Gasteiger partial charge in [0.25, 0.3) is 0 Å². The Bertz CT molecular complexity index is 991. The zero-order valence-electron chi connectivity index (χ0n) is 21.7. The maximum Gasteiger partial charge on any atom is 0.317 e. The molecule has 1 N–H and O–H groups in total. The normalized spacial score (nSPS) is 17.6. The summed E-state index contributed by atoms with van der Waals surface area (Å²) >= 11 is 0. The second-order valence-corrected chi connectivity index (χ2v) is 10.6. The predicted molar refractivity (Wildman–Crippen MR) is 147 cm³/mol. The van der Waals surface area contributed by atoms with E-state index in [1.807, 2.05) is 58.3 Å². The first-order chi connectivity index (χ1) is 17.6. The van der Waals surface area contributed by atoms with Crippen LogP contribution in [0.5, 0.6) is 0 Å². The number of carbonyl (C=O) groups is 2. The lowest BCUT2D eigenvalue weighted by molar-refractivity contribution is -0.131. The molecule has 1 saturated heterocycles. The quantitative estimate of drug-likeness (QED) is 0.503. The van der Waals surface area contributed by atoms with Crippen LogP contribution in [-0.4, -0.2) is 54.0 Å². The van der Waals surface area contributed by atoms with Gasteiger partial charge in [-0.1, -0.05) is 91.6 Å². The highest BCUT2D eigenvalue weighted by Gasteiger charge is 2.27. The van der Waals surface area contributed by atoms with Crippen LogP contribution in [0.25, 0.3) is 6.08 Å². The van der Waals surface area contributed by atoms with Gasteiger partial charge in [-0.05, 0) is 49.7 Å². The molecule has 0 spiro atoms. The highest BCUT2D eigenvalue weighted by Crippen LogP contribution is 2.22. The third-order valence-electron chi connectivity index (χ3n) is 7.52. The second-order valence-electron chi connectivity index (χ2n) is 10.6. The number of hydrogen-bond donors (Lipinski definition) is 1. The largest absolute Gasteiger partial charge is 0.342 e. The van der Waals surface area contributed by atoms with E-state index in [-0.39, 0.29) is 11.9 Å². The van der Waals surface area contributed by atoms with Gasteiger partial charge in [0.2, 0.25) is 5.91 Å². The summed E-state index contributed by atoms with van der Waals surface area (Å²) in [6.45, 7) is 5.01. The summed E-state index contributed by atoms with van der Waals surface area (Å²) in [5.41, 5.74) is 3.40. The molecule has 0 unspecified atom stereocenters. The van der Waals surface area contributed by atoms with Crippen LogP contribution in [0.2, 0.25) is 0 Å². The van der Waals surface area contributed by atoms with Gasteiger partial charge in [-0.3, -0.25) is 4.79 Å². The zero-order valence-corrected chi connectivity index (χ0v) is 21.7. The lowest BCUT2D eigenvalue weighted by atomic mass is 9.95. The summed E-state index contributed by atoms with van der Waals surface area (Å²) in [4.78, 5) is 30.2. The molecule has 2 fully saturated rings. The molecule has 192 valence electrons. The Morgan fingerprint density at radius 3 is 2.22 bits per heavy atom. The number of nitrogens with zero attached hydrogens (tertiary/aromatic N) is 2. The lowest BCUT2D eigenvalue weighted by Gasteiger charge is -2.36. The molecule has 2 aliphatic rings. The molecule has 0 bridgehead atoms. The summed E-state index contributed by atoms with van der Waals surface area (Å²) in [5, 5.41) is 3.33. The molecule has 0 aromatic heterocycles. The molecule has 2 aromatic carbocycles. The van der Waals surface area contributed by atoms with E-state index in [9.17, 15) is 9.59 Å². The molecule has 36 heavy (non-hydrogen) atoms. The van der Waals surface area contributed by atoms with Gasteiger partial charge in [-0.15, -0.1) is 0 Å². The van der Waals surface area contributed by atoms with Gasteiger partial charge in [0.05, 0.1) is 6.42 Å². The Kier molecular flexibility index (Phi) is 9.60. The topological polar surface area (TPSA) is 52.7 Å². The van der Waals surface area contributed by atoms with Crippen LogP contribution in [0.3, 0.4) is 0 Å². The minimum absolute atomic E-state index is 0.0605. The number of hydrogen-bond acceptors (Lipinski definition) is 2. The number of carbonyl (C=O) groups excluding carboxylic acids is 2. The molecule has 0 radical (unpaired) electrons. The van der Waals surface area contributed by atoms with Crippen LogP contribution in [0, 0.1) is 5.92 Å². The minimum atomic E-state index is 0.0605. The fourth-order valence-electron chi connectivity index (χ4n) is 5.47. The van der Waals surface area contributed by atoms with E-state index in [2.05, 4.69) is 30.4 Å². The smallest absolute Gasteiger partial charge is 0.317 e. The SMILES string of the molecule is C/C(=C\c1ccccc1)CN(CC1CCN(C(=O)Cc2ccccc2)CC1)C(=O)NC1CCCCC1. The van der Waals surface area contributed by atoms with Crippen molar-refractivity contribution < 1.29 is 9.59 Å². The highest BCUT2D eigenvalue weighted by molar-refractivity contribution is 5.79. The maximum absolute atomic E-state index is 13.4. The Balaban J connectivity index is 1.34. The van der Waals surface area contributed by atoms with Crippen molar-refractivity contribution in [3.8, 4) is 0 Å². The minimum Gasteiger partial charge on any atom is -0.342 e. The molecule has 3 amide bonds. The number of urea groups is 1. The maximum atomic E-state index is 13.4. The number of nitrogens with one attached hydrogen (secondary N) is 1. The number of rotatable bonds is 8. The second kappa shape index (κ2) is 13.3. The molecular weight excluding hydrogens is 446 g/mol. The van der Waals surface area contributed by atoms with E-state index in [0.717, 1.165) is 56.4 Å². The summed E-state index contributed by atoms with van der Waals surface area (Å²) in [7, 11) is 0. The van der Waals surface area contributed by atoms with Crippen LogP contribution in [0.1, 0.15) is 63.0 Å². The third-order valence-corrected chi connectivity index (χ3v) is 7.52. The van der Waals surface area contributed by atoms with Gasteiger partial charge >= 0.3 is 6.03 Å². The van der Waals surface area contributed by atoms with Crippen molar-refractivity contribution in [2.24, 2.45) is 5.92 Å². The standard InChI is InChI=1S/C31H41N3O2/c1-25(21-26-11-5-2-6-12-26)23-34(31(36)32-29-15-9-4-10-16-29)24-28-17-19-33(20-18-28)30(35)22-27-13-7-3-8-14-27/h2-3,5-8,11-14,21,28-29H,4,9-10,15-20,22-24H2,1H3,(H,32,36)/b25-21+. The van der Waals surface area contributed by atoms with Crippen molar-refractivity contribution in [1.82, 2.24) is 15.1 Å². The average Bonchev–Trinajstić information content (AvgIpc) is 2.90. The van der Waals surface area contributed by atoms with Crippen LogP contribution < -0.4 is 5.32 Å². The molecule has 1 heterocycles. The molecule has 1 aliphatic carbocycles. The summed E-state index contributed by atoms with van der Waals surface area (Å²) in [5.74, 6) is 0.612. The van der Waals surface area contributed by atoms with Crippen LogP contribution in [-0.2, 0) is 11.2 Å².